The predicted molar refractivity (Wildman–Crippen MR) is 92.5 cm³/mol. The maximum atomic E-state index is 12.1. The normalized spacial score (nSPS) is 16.8. The summed E-state index contributed by atoms with van der Waals surface area (Å²) in [5.41, 5.74) is 1.04. The molecule has 0 saturated carbocycles. The SMILES string of the molecule is CS(=O)(=O)CCC(=O)N1CCC(c2nc3ccccc3s2)CC1. The highest BCUT2D eigenvalue weighted by Gasteiger charge is 2.26. The lowest BCUT2D eigenvalue weighted by Gasteiger charge is -2.31. The number of sulfone groups is 1. The van der Waals surface area contributed by atoms with Gasteiger partial charge in [-0.05, 0) is 25.0 Å². The first kappa shape index (κ1) is 16.4. The lowest BCUT2D eigenvalue weighted by molar-refractivity contribution is -0.131. The standard InChI is InChI=1S/C16H20N2O3S2/c1-23(20,21)11-8-15(19)18-9-6-12(7-10-18)16-17-13-4-2-3-5-14(13)22-16/h2-5,12H,6-11H2,1H3. The van der Waals surface area contributed by atoms with Crippen molar-refractivity contribution in [2.75, 3.05) is 25.1 Å². The van der Waals surface area contributed by atoms with Gasteiger partial charge in [-0.15, -0.1) is 11.3 Å². The minimum absolute atomic E-state index is 0.0572. The summed E-state index contributed by atoms with van der Waals surface area (Å²) in [5, 5.41) is 1.15. The van der Waals surface area contributed by atoms with Crippen LogP contribution in [0.25, 0.3) is 10.2 Å². The van der Waals surface area contributed by atoms with Crippen LogP contribution in [0.4, 0.5) is 0 Å². The van der Waals surface area contributed by atoms with Gasteiger partial charge in [0.15, 0.2) is 0 Å². The quantitative estimate of drug-likeness (QED) is 0.847. The fraction of sp³-hybridized carbons (Fsp3) is 0.500. The van der Waals surface area contributed by atoms with Crippen molar-refractivity contribution in [2.45, 2.75) is 25.2 Å². The minimum Gasteiger partial charge on any atom is -0.343 e. The van der Waals surface area contributed by atoms with Crippen molar-refractivity contribution in [1.29, 1.82) is 0 Å². The number of nitrogens with zero attached hydrogens (tertiary/aromatic N) is 2. The van der Waals surface area contributed by atoms with Gasteiger partial charge in [-0.25, -0.2) is 13.4 Å². The third-order valence-corrected chi connectivity index (χ3v) is 6.34. The van der Waals surface area contributed by atoms with Gasteiger partial charge in [0.25, 0.3) is 0 Å². The minimum atomic E-state index is -3.08. The average Bonchev–Trinajstić information content (AvgIpc) is 2.96. The van der Waals surface area contributed by atoms with Gasteiger partial charge in [-0.3, -0.25) is 4.79 Å². The molecule has 1 amide bonds. The third-order valence-electron chi connectivity index (χ3n) is 4.19. The van der Waals surface area contributed by atoms with Gasteiger partial charge < -0.3 is 4.90 Å². The summed E-state index contributed by atoms with van der Waals surface area (Å²) in [4.78, 5) is 18.6. The van der Waals surface area contributed by atoms with E-state index in [1.54, 1.807) is 16.2 Å². The molecule has 0 aliphatic carbocycles. The molecule has 1 aliphatic rings. The Morgan fingerprint density at radius 2 is 2.00 bits per heavy atom. The van der Waals surface area contributed by atoms with Crippen LogP contribution in [0.2, 0.25) is 0 Å². The molecule has 1 fully saturated rings. The van der Waals surface area contributed by atoms with Gasteiger partial charge in [0.1, 0.15) is 9.84 Å². The van der Waals surface area contributed by atoms with Crippen molar-refractivity contribution in [2.24, 2.45) is 0 Å². The number of benzene rings is 1. The number of likely N-dealkylation sites (tertiary alicyclic amines) is 1. The molecule has 7 heteroatoms. The summed E-state index contributed by atoms with van der Waals surface area (Å²) in [6.45, 7) is 1.37. The summed E-state index contributed by atoms with van der Waals surface area (Å²) < 4.78 is 23.5. The Labute approximate surface area is 140 Å². The monoisotopic (exact) mass is 352 g/mol. The van der Waals surface area contributed by atoms with Crippen molar-refractivity contribution in [3.05, 3.63) is 29.3 Å². The van der Waals surface area contributed by atoms with Crippen molar-refractivity contribution in [3.8, 4) is 0 Å². The van der Waals surface area contributed by atoms with Crippen LogP contribution in [0.15, 0.2) is 24.3 Å². The average molecular weight is 352 g/mol. The first-order valence-corrected chi connectivity index (χ1v) is 10.6. The molecule has 1 saturated heterocycles. The lowest BCUT2D eigenvalue weighted by Crippen LogP contribution is -2.38. The fourth-order valence-corrected chi connectivity index (χ4v) is 4.55. The summed E-state index contributed by atoms with van der Waals surface area (Å²) in [6, 6.07) is 8.13. The van der Waals surface area contributed by atoms with Gasteiger partial charge in [0.05, 0.1) is 21.0 Å². The molecule has 2 aromatic rings. The predicted octanol–water partition coefficient (Wildman–Crippen LogP) is 2.44. The summed E-state index contributed by atoms with van der Waals surface area (Å²) in [5.74, 6) is 0.272. The van der Waals surface area contributed by atoms with Gasteiger partial charge in [0, 0.05) is 31.7 Å². The second kappa shape index (κ2) is 6.57. The molecule has 0 N–H and O–H groups in total. The summed E-state index contributed by atoms with van der Waals surface area (Å²) in [7, 11) is -3.08. The lowest BCUT2D eigenvalue weighted by atomic mass is 9.97. The highest BCUT2D eigenvalue weighted by atomic mass is 32.2. The van der Waals surface area contributed by atoms with Crippen LogP contribution in [-0.4, -0.2) is 49.3 Å². The van der Waals surface area contributed by atoms with Crippen molar-refractivity contribution in [3.63, 3.8) is 0 Å². The molecular weight excluding hydrogens is 332 g/mol. The van der Waals surface area contributed by atoms with Crippen LogP contribution >= 0.6 is 11.3 Å². The zero-order chi connectivity index (χ0) is 16.4. The third kappa shape index (κ3) is 4.09. The molecule has 23 heavy (non-hydrogen) atoms. The van der Waals surface area contributed by atoms with E-state index in [0.29, 0.717) is 19.0 Å². The van der Waals surface area contributed by atoms with E-state index in [0.717, 1.165) is 23.4 Å². The Morgan fingerprint density at radius 1 is 1.30 bits per heavy atom. The van der Waals surface area contributed by atoms with Gasteiger partial charge in [-0.1, -0.05) is 12.1 Å². The summed E-state index contributed by atoms with van der Waals surface area (Å²) >= 11 is 1.73. The second-order valence-electron chi connectivity index (χ2n) is 6.05. The van der Waals surface area contributed by atoms with Crippen LogP contribution in [0.3, 0.4) is 0 Å². The number of aromatic nitrogens is 1. The Kier molecular flexibility index (Phi) is 4.68. The number of hydrogen-bond acceptors (Lipinski definition) is 5. The van der Waals surface area contributed by atoms with E-state index in [1.165, 1.54) is 11.0 Å². The Bertz CT molecular complexity index is 773. The molecule has 1 aromatic carbocycles. The maximum Gasteiger partial charge on any atom is 0.223 e. The number of piperidine rings is 1. The molecule has 1 aliphatic heterocycles. The second-order valence-corrected chi connectivity index (χ2v) is 9.38. The van der Waals surface area contributed by atoms with E-state index in [9.17, 15) is 13.2 Å². The Hall–Kier alpha value is -1.47. The molecule has 2 heterocycles. The fourth-order valence-electron chi connectivity index (χ4n) is 2.87. The Balaban J connectivity index is 1.58. The Morgan fingerprint density at radius 3 is 2.65 bits per heavy atom. The van der Waals surface area contributed by atoms with Gasteiger partial charge in [-0.2, -0.15) is 0 Å². The van der Waals surface area contributed by atoms with Gasteiger partial charge >= 0.3 is 0 Å². The van der Waals surface area contributed by atoms with Crippen LogP contribution in [0.5, 0.6) is 0 Å². The first-order valence-electron chi connectivity index (χ1n) is 7.73. The number of thiazole rings is 1. The molecule has 3 rings (SSSR count). The smallest absolute Gasteiger partial charge is 0.223 e. The molecular formula is C16H20N2O3S2. The molecule has 5 nitrogen and oxygen atoms in total. The van der Waals surface area contributed by atoms with Crippen molar-refractivity contribution in [1.82, 2.24) is 9.88 Å². The van der Waals surface area contributed by atoms with Crippen LogP contribution < -0.4 is 0 Å². The molecule has 0 unspecified atom stereocenters. The molecule has 1 aromatic heterocycles. The van der Waals surface area contributed by atoms with Crippen molar-refractivity contribution < 1.29 is 13.2 Å². The van der Waals surface area contributed by atoms with E-state index in [4.69, 9.17) is 4.98 Å². The molecule has 124 valence electrons. The van der Waals surface area contributed by atoms with E-state index in [2.05, 4.69) is 6.07 Å². The number of rotatable bonds is 4. The largest absolute Gasteiger partial charge is 0.343 e. The molecule has 0 radical (unpaired) electrons. The summed E-state index contributed by atoms with van der Waals surface area (Å²) in [6.07, 6.45) is 3.04. The number of carbonyl (C=O) groups is 1. The molecule has 0 spiro atoms. The zero-order valence-electron chi connectivity index (χ0n) is 13.1. The van der Waals surface area contributed by atoms with E-state index in [-0.39, 0.29) is 18.1 Å². The zero-order valence-corrected chi connectivity index (χ0v) is 14.7. The van der Waals surface area contributed by atoms with Crippen LogP contribution in [0, 0.1) is 0 Å². The first-order chi connectivity index (χ1) is 10.9. The van der Waals surface area contributed by atoms with E-state index < -0.39 is 9.84 Å². The molecule has 0 atom stereocenters. The highest BCUT2D eigenvalue weighted by molar-refractivity contribution is 7.90. The van der Waals surface area contributed by atoms with Crippen LogP contribution in [0.1, 0.15) is 30.2 Å². The van der Waals surface area contributed by atoms with E-state index >= 15 is 0 Å². The topological polar surface area (TPSA) is 67.3 Å². The van der Waals surface area contributed by atoms with Crippen LogP contribution in [-0.2, 0) is 14.6 Å². The highest BCUT2D eigenvalue weighted by Crippen LogP contribution is 2.33. The maximum absolute atomic E-state index is 12.1. The molecule has 0 bridgehead atoms. The number of hydrogen-bond donors (Lipinski definition) is 0. The van der Waals surface area contributed by atoms with Crippen molar-refractivity contribution >= 4 is 37.3 Å². The number of fused-ring (bicyclic) bond motifs is 1. The van der Waals surface area contributed by atoms with Gasteiger partial charge in [0.2, 0.25) is 5.91 Å². The number of para-hydroxylation sites is 1. The number of amides is 1. The van der Waals surface area contributed by atoms with E-state index in [1.807, 2.05) is 18.2 Å². The number of carbonyl (C=O) groups excluding carboxylic acids is 1.